The van der Waals surface area contributed by atoms with Gasteiger partial charge in [0.2, 0.25) is 0 Å². The van der Waals surface area contributed by atoms with E-state index in [4.69, 9.17) is 0 Å². The normalized spacial score (nSPS) is 28.1. The highest BCUT2D eigenvalue weighted by atomic mass is 16.5. The molecule has 0 fully saturated rings. The summed E-state index contributed by atoms with van der Waals surface area (Å²) in [4.78, 5) is 0. The number of hydrogen-bond acceptors (Lipinski definition) is 2. The number of hydroxylamine groups is 2. The van der Waals surface area contributed by atoms with Gasteiger partial charge >= 0.3 is 0 Å². The molecular formula is C17H17NO. The number of rotatable bonds is 0. The molecule has 2 nitrogen and oxygen atoms in total. The van der Waals surface area contributed by atoms with Gasteiger partial charge in [-0.1, -0.05) is 42.5 Å². The van der Waals surface area contributed by atoms with Crippen molar-refractivity contribution in [2.45, 2.75) is 31.8 Å². The topological polar surface area (TPSA) is 23.5 Å². The van der Waals surface area contributed by atoms with Crippen molar-refractivity contribution < 1.29 is 5.21 Å². The van der Waals surface area contributed by atoms with E-state index < -0.39 is 5.54 Å². The molecule has 0 aliphatic carbocycles. The van der Waals surface area contributed by atoms with Crippen LogP contribution in [0.25, 0.3) is 0 Å². The van der Waals surface area contributed by atoms with Crippen molar-refractivity contribution in [1.82, 2.24) is 5.06 Å². The fourth-order valence-corrected chi connectivity index (χ4v) is 3.89. The minimum absolute atomic E-state index is 0.0924. The minimum Gasteiger partial charge on any atom is -0.312 e. The fourth-order valence-electron chi connectivity index (χ4n) is 3.89. The highest BCUT2D eigenvalue weighted by Crippen LogP contribution is 2.54. The predicted molar refractivity (Wildman–Crippen MR) is 74.1 cm³/mol. The van der Waals surface area contributed by atoms with Crippen molar-refractivity contribution in [3.8, 4) is 0 Å². The first-order valence-corrected chi connectivity index (χ1v) is 6.80. The Morgan fingerprint density at radius 2 is 1.84 bits per heavy atom. The van der Waals surface area contributed by atoms with E-state index >= 15 is 0 Å². The Kier molecular flexibility index (Phi) is 2.05. The van der Waals surface area contributed by atoms with Gasteiger partial charge < -0.3 is 5.21 Å². The van der Waals surface area contributed by atoms with Gasteiger partial charge in [0.05, 0.1) is 11.6 Å². The van der Waals surface area contributed by atoms with Crippen molar-refractivity contribution >= 4 is 0 Å². The highest BCUT2D eigenvalue weighted by Gasteiger charge is 2.52. The fraction of sp³-hybridized carbons (Fsp3) is 0.294. The van der Waals surface area contributed by atoms with Gasteiger partial charge in [0.1, 0.15) is 0 Å². The van der Waals surface area contributed by atoms with Crippen LogP contribution < -0.4 is 0 Å². The monoisotopic (exact) mass is 251 g/mol. The molecule has 19 heavy (non-hydrogen) atoms. The van der Waals surface area contributed by atoms with Gasteiger partial charge in [-0.25, -0.2) is 0 Å². The number of fused-ring (bicyclic) bond motifs is 7. The summed E-state index contributed by atoms with van der Waals surface area (Å²) in [6.45, 7) is 4.29. The van der Waals surface area contributed by atoms with Crippen LogP contribution in [0.15, 0.2) is 42.5 Å². The van der Waals surface area contributed by atoms with Crippen molar-refractivity contribution in [3.63, 3.8) is 0 Å². The molecule has 2 aliphatic heterocycles. The van der Waals surface area contributed by atoms with E-state index in [9.17, 15) is 5.21 Å². The van der Waals surface area contributed by atoms with Crippen LogP contribution in [0.4, 0.5) is 0 Å². The van der Waals surface area contributed by atoms with Gasteiger partial charge in [-0.2, -0.15) is 5.06 Å². The lowest BCUT2D eigenvalue weighted by atomic mass is 9.80. The van der Waals surface area contributed by atoms with Gasteiger partial charge in [-0.05, 0) is 48.1 Å². The molecule has 0 saturated heterocycles. The summed E-state index contributed by atoms with van der Waals surface area (Å²) in [5.74, 6) is 0. The highest BCUT2D eigenvalue weighted by molar-refractivity contribution is 5.55. The summed E-state index contributed by atoms with van der Waals surface area (Å²) < 4.78 is 0. The Bertz CT molecular complexity index is 679. The van der Waals surface area contributed by atoms with E-state index in [-0.39, 0.29) is 6.04 Å². The van der Waals surface area contributed by atoms with Crippen LogP contribution in [-0.2, 0) is 12.0 Å². The minimum atomic E-state index is -0.402. The zero-order valence-electron chi connectivity index (χ0n) is 11.2. The lowest BCUT2D eigenvalue weighted by Crippen LogP contribution is -2.43. The Labute approximate surface area is 113 Å². The first-order valence-electron chi connectivity index (χ1n) is 6.80. The van der Waals surface area contributed by atoms with Crippen LogP contribution in [0.1, 0.15) is 40.8 Å². The molecule has 0 spiro atoms. The van der Waals surface area contributed by atoms with Gasteiger partial charge in [0.15, 0.2) is 0 Å². The second-order valence-corrected chi connectivity index (χ2v) is 5.82. The first-order chi connectivity index (χ1) is 9.14. The second kappa shape index (κ2) is 3.47. The molecule has 96 valence electrons. The SMILES string of the molecule is Cc1cccc2c1CC1c3ccccc3C2(C)N1O. The third-order valence-corrected chi connectivity index (χ3v) is 4.93. The van der Waals surface area contributed by atoms with E-state index in [1.807, 2.05) is 0 Å². The molecule has 0 amide bonds. The maximum absolute atomic E-state index is 10.7. The van der Waals surface area contributed by atoms with Gasteiger partial charge in [0.25, 0.3) is 0 Å². The predicted octanol–water partition coefficient (Wildman–Crippen LogP) is 3.56. The Morgan fingerprint density at radius 3 is 2.68 bits per heavy atom. The van der Waals surface area contributed by atoms with Gasteiger partial charge in [-0.15, -0.1) is 0 Å². The van der Waals surface area contributed by atoms with Crippen LogP contribution >= 0.6 is 0 Å². The summed E-state index contributed by atoms with van der Waals surface area (Å²) in [5.41, 5.74) is 6.08. The molecule has 2 bridgehead atoms. The Morgan fingerprint density at radius 1 is 1.11 bits per heavy atom. The second-order valence-electron chi connectivity index (χ2n) is 5.82. The lowest BCUT2D eigenvalue weighted by molar-refractivity contribution is -0.183. The third-order valence-electron chi connectivity index (χ3n) is 4.93. The molecule has 2 heterocycles. The third kappa shape index (κ3) is 1.18. The molecule has 2 aliphatic rings. The zero-order valence-corrected chi connectivity index (χ0v) is 11.2. The van der Waals surface area contributed by atoms with E-state index in [1.165, 1.54) is 27.8 Å². The zero-order chi connectivity index (χ0) is 13.2. The maximum Gasteiger partial charge on any atom is 0.0942 e. The van der Waals surface area contributed by atoms with Gasteiger partial charge in [0, 0.05) is 0 Å². The van der Waals surface area contributed by atoms with E-state index in [0.717, 1.165) is 6.42 Å². The van der Waals surface area contributed by atoms with Crippen molar-refractivity contribution in [2.75, 3.05) is 0 Å². The molecule has 2 atom stereocenters. The molecule has 0 saturated carbocycles. The van der Waals surface area contributed by atoms with Crippen LogP contribution in [0.3, 0.4) is 0 Å². The Balaban J connectivity index is 2.09. The summed E-state index contributed by atoms with van der Waals surface area (Å²) in [5, 5.41) is 12.2. The molecule has 2 aromatic rings. The largest absolute Gasteiger partial charge is 0.312 e. The average Bonchev–Trinajstić information content (AvgIpc) is 2.56. The number of aryl methyl sites for hydroxylation is 1. The number of nitrogens with zero attached hydrogens (tertiary/aromatic N) is 1. The first kappa shape index (κ1) is 11.2. The molecule has 2 aromatic carbocycles. The van der Waals surface area contributed by atoms with E-state index in [0.29, 0.717) is 0 Å². The van der Waals surface area contributed by atoms with E-state index in [2.05, 4.69) is 56.3 Å². The summed E-state index contributed by atoms with van der Waals surface area (Å²) in [6.07, 6.45) is 0.894. The molecule has 1 N–H and O–H groups in total. The van der Waals surface area contributed by atoms with Crippen molar-refractivity contribution in [3.05, 3.63) is 70.3 Å². The van der Waals surface area contributed by atoms with Crippen LogP contribution in [0.5, 0.6) is 0 Å². The smallest absolute Gasteiger partial charge is 0.0942 e. The average molecular weight is 251 g/mol. The molecule has 2 unspecified atom stereocenters. The summed E-state index contributed by atoms with van der Waals surface area (Å²) in [6, 6.07) is 14.9. The Hall–Kier alpha value is -1.64. The molecule has 0 radical (unpaired) electrons. The lowest BCUT2D eigenvalue weighted by Gasteiger charge is -2.40. The quantitative estimate of drug-likeness (QED) is 0.774. The number of benzene rings is 2. The van der Waals surface area contributed by atoms with Crippen molar-refractivity contribution in [2.24, 2.45) is 0 Å². The summed E-state index contributed by atoms with van der Waals surface area (Å²) >= 11 is 0. The molecular weight excluding hydrogens is 234 g/mol. The van der Waals surface area contributed by atoms with Crippen LogP contribution in [-0.4, -0.2) is 10.3 Å². The van der Waals surface area contributed by atoms with E-state index in [1.54, 1.807) is 5.06 Å². The standard InChI is InChI=1S/C17H17NO/c1-11-6-5-9-15-13(11)10-16-12-7-3-4-8-14(12)17(15,2)18(16)19/h3-9,16,19H,10H2,1-2H3. The van der Waals surface area contributed by atoms with Crippen LogP contribution in [0, 0.1) is 6.92 Å². The van der Waals surface area contributed by atoms with Crippen LogP contribution in [0.2, 0.25) is 0 Å². The molecule has 2 heteroatoms. The van der Waals surface area contributed by atoms with Gasteiger partial charge in [-0.3, -0.25) is 0 Å². The maximum atomic E-state index is 10.7. The van der Waals surface area contributed by atoms with Crippen molar-refractivity contribution in [1.29, 1.82) is 0 Å². The molecule has 0 aromatic heterocycles. The summed E-state index contributed by atoms with van der Waals surface area (Å²) in [7, 11) is 0. The molecule has 4 rings (SSSR count). The number of hydrogen-bond donors (Lipinski definition) is 1.